The molecule has 0 aromatic heterocycles. The Morgan fingerprint density at radius 1 is 1.12 bits per heavy atom. The highest BCUT2D eigenvalue weighted by Crippen LogP contribution is 2.16. The van der Waals surface area contributed by atoms with Gasteiger partial charge in [-0.2, -0.15) is 5.26 Å². The molecule has 0 bridgehead atoms. The summed E-state index contributed by atoms with van der Waals surface area (Å²) in [7, 11) is 0. The van der Waals surface area contributed by atoms with Crippen molar-refractivity contribution in [3.05, 3.63) is 0 Å². The van der Waals surface area contributed by atoms with E-state index >= 15 is 0 Å². The molecule has 0 atom stereocenters. The molecule has 1 aliphatic heterocycles. The maximum Gasteiger partial charge on any atom is 0.103 e. The molecule has 0 unspecified atom stereocenters. The maximum absolute atomic E-state index is 9.08. The van der Waals surface area contributed by atoms with E-state index in [1.165, 1.54) is 6.42 Å². The highest BCUT2D eigenvalue weighted by atomic mass is 16.2. The average Bonchev–Trinajstić information content (AvgIpc) is 2.35. The predicted molar refractivity (Wildman–Crippen MR) is 68.6 cm³/mol. The highest BCUT2D eigenvalue weighted by molar-refractivity contribution is 5.02. The van der Waals surface area contributed by atoms with Crippen LogP contribution < -0.4 is 0 Å². The Balaban J connectivity index is 2.20. The Morgan fingerprint density at radius 2 is 1.76 bits per heavy atom. The summed E-state index contributed by atoms with van der Waals surface area (Å²) >= 11 is 0. The summed E-state index contributed by atoms with van der Waals surface area (Å²) in [5, 5.41) is 17.8. The van der Waals surface area contributed by atoms with E-state index in [-0.39, 0.29) is 5.54 Å². The second-order valence-corrected chi connectivity index (χ2v) is 5.28. The fraction of sp³-hybridized carbons (Fsp3) is 0.923. The number of piperazine rings is 1. The van der Waals surface area contributed by atoms with Crippen LogP contribution in [0.4, 0.5) is 0 Å². The summed E-state index contributed by atoms with van der Waals surface area (Å²) in [4.78, 5) is 4.72. The maximum atomic E-state index is 9.08. The summed E-state index contributed by atoms with van der Waals surface area (Å²) in [6.07, 6.45) is 3.20. The van der Waals surface area contributed by atoms with Gasteiger partial charge in [-0.15, -0.1) is 0 Å². The number of hydrogen-bond acceptors (Lipinski definition) is 4. The molecule has 1 saturated heterocycles. The Labute approximate surface area is 105 Å². The van der Waals surface area contributed by atoms with E-state index in [1.54, 1.807) is 0 Å². The Morgan fingerprint density at radius 3 is 2.29 bits per heavy atom. The fourth-order valence-corrected chi connectivity index (χ4v) is 2.23. The number of unbranched alkanes of at least 4 members (excludes halogenated alkanes) is 2. The van der Waals surface area contributed by atoms with E-state index in [0.29, 0.717) is 6.61 Å². The molecule has 0 saturated carbocycles. The molecule has 98 valence electrons. The Hall–Kier alpha value is -0.630. The van der Waals surface area contributed by atoms with Crippen LogP contribution in [0.25, 0.3) is 0 Å². The molecule has 0 aromatic rings. The lowest BCUT2D eigenvalue weighted by molar-refractivity contribution is 0.0789. The van der Waals surface area contributed by atoms with E-state index < -0.39 is 0 Å². The van der Waals surface area contributed by atoms with Gasteiger partial charge in [0.05, 0.1) is 6.07 Å². The van der Waals surface area contributed by atoms with Gasteiger partial charge in [-0.3, -0.25) is 4.90 Å². The van der Waals surface area contributed by atoms with Crippen LogP contribution in [0.15, 0.2) is 0 Å². The van der Waals surface area contributed by atoms with Crippen molar-refractivity contribution in [2.45, 2.75) is 38.6 Å². The molecule has 0 spiro atoms. The lowest BCUT2D eigenvalue weighted by atomic mass is 10.0. The average molecular weight is 239 g/mol. The van der Waals surface area contributed by atoms with Crippen molar-refractivity contribution >= 4 is 0 Å². The number of hydrogen-bond donors (Lipinski definition) is 1. The van der Waals surface area contributed by atoms with Crippen LogP contribution in [-0.4, -0.2) is 59.8 Å². The summed E-state index contributed by atoms with van der Waals surface area (Å²) in [5.41, 5.74) is -0.330. The van der Waals surface area contributed by atoms with Gasteiger partial charge in [0.15, 0.2) is 0 Å². The Bertz CT molecular complexity index is 252. The minimum absolute atomic E-state index is 0.310. The van der Waals surface area contributed by atoms with E-state index in [9.17, 15) is 0 Å². The first-order valence-electron chi connectivity index (χ1n) is 6.59. The Kier molecular flexibility index (Phi) is 5.90. The van der Waals surface area contributed by atoms with E-state index in [1.807, 2.05) is 13.8 Å². The molecule has 0 radical (unpaired) electrons. The molecule has 1 heterocycles. The molecule has 4 nitrogen and oxygen atoms in total. The van der Waals surface area contributed by atoms with Gasteiger partial charge >= 0.3 is 0 Å². The van der Waals surface area contributed by atoms with Gasteiger partial charge in [-0.05, 0) is 39.7 Å². The SMILES string of the molecule is CC(C)(C#N)N1CCN(CCCCCO)CC1. The number of nitriles is 1. The van der Waals surface area contributed by atoms with Crippen molar-refractivity contribution in [1.82, 2.24) is 9.80 Å². The number of aliphatic hydroxyl groups excluding tert-OH is 1. The quantitative estimate of drug-likeness (QED) is 0.704. The van der Waals surface area contributed by atoms with Gasteiger partial charge in [0.1, 0.15) is 5.54 Å². The summed E-state index contributed by atoms with van der Waals surface area (Å²) in [6.45, 7) is 9.51. The molecule has 1 N–H and O–H groups in total. The summed E-state index contributed by atoms with van der Waals surface area (Å²) in [6, 6.07) is 2.37. The van der Waals surface area contributed by atoms with Gasteiger partial charge in [0, 0.05) is 32.8 Å². The summed E-state index contributed by atoms with van der Waals surface area (Å²) < 4.78 is 0. The van der Waals surface area contributed by atoms with Gasteiger partial charge in [0.2, 0.25) is 0 Å². The van der Waals surface area contributed by atoms with Gasteiger partial charge in [0.25, 0.3) is 0 Å². The molecule has 4 heteroatoms. The van der Waals surface area contributed by atoms with Gasteiger partial charge in [-0.25, -0.2) is 0 Å². The lowest BCUT2D eigenvalue weighted by Gasteiger charge is -2.40. The van der Waals surface area contributed by atoms with Crippen LogP contribution in [0, 0.1) is 11.3 Å². The molecule has 0 aliphatic carbocycles. The van der Waals surface area contributed by atoms with Gasteiger partial charge in [-0.1, -0.05) is 0 Å². The predicted octanol–water partition coefficient (Wildman–Crippen LogP) is 1.07. The molecule has 0 aromatic carbocycles. The monoisotopic (exact) mass is 239 g/mol. The third-order valence-electron chi connectivity index (χ3n) is 3.57. The second kappa shape index (κ2) is 6.95. The molecule has 1 aliphatic rings. The number of nitrogens with zero attached hydrogens (tertiary/aromatic N) is 3. The topological polar surface area (TPSA) is 50.5 Å². The van der Waals surface area contributed by atoms with Crippen molar-refractivity contribution in [2.75, 3.05) is 39.3 Å². The van der Waals surface area contributed by atoms with Crippen LogP contribution in [0.2, 0.25) is 0 Å². The van der Waals surface area contributed by atoms with Crippen LogP contribution >= 0.6 is 0 Å². The third kappa shape index (κ3) is 4.63. The fourth-order valence-electron chi connectivity index (χ4n) is 2.23. The summed E-state index contributed by atoms with van der Waals surface area (Å²) in [5.74, 6) is 0. The molecule has 0 amide bonds. The van der Waals surface area contributed by atoms with E-state index in [4.69, 9.17) is 10.4 Å². The van der Waals surface area contributed by atoms with Crippen LogP contribution in [0.5, 0.6) is 0 Å². The first-order valence-corrected chi connectivity index (χ1v) is 6.59. The minimum Gasteiger partial charge on any atom is -0.396 e. The largest absolute Gasteiger partial charge is 0.396 e. The molecular weight excluding hydrogens is 214 g/mol. The van der Waals surface area contributed by atoms with Crippen LogP contribution in [0.1, 0.15) is 33.1 Å². The molecule has 1 fully saturated rings. The first-order chi connectivity index (χ1) is 8.10. The van der Waals surface area contributed by atoms with Crippen LogP contribution in [0.3, 0.4) is 0 Å². The van der Waals surface area contributed by atoms with Crippen LogP contribution in [-0.2, 0) is 0 Å². The lowest BCUT2D eigenvalue weighted by Crippen LogP contribution is -2.54. The first kappa shape index (κ1) is 14.4. The second-order valence-electron chi connectivity index (χ2n) is 5.28. The van der Waals surface area contributed by atoms with E-state index in [0.717, 1.165) is 45.6 Å². The van der Waals surface area contributed by atoms with Crippen molar-refractivity contribution in [1.29, 1.82) is 5.26 Å². The zero-order valence-corrected chi connectivity index (χ0v) is 11.2. The van der Waals surface area contributed by atoms with Crippen molar-refractivity contribution < 1.29 is 5.11 Å². The van der Waals surface area contributed by atoms with E-state index in [2.05, 4.69) is 15.9 Å². The smallest absolute Gasteiger partial charge is 0.103 e. The number of aliphatic hydroxyl groups is 1. The standard InChI is InChI=1S/C13H25N3O/c1-13(2,12-14)16-9-7-15(8-10-16)6-4-3-5-11-17/h17H,3-11H2,1-2H3. The molecule has 1 rings (SSSR count). The zero-order chi connectivity index (χ0) is 12.7. The molecular formula is C13H25N3O. The van der Waals surface area contributed by atoms with Gasteiger partial charge < -0.3 is 10.0 Å². The van der Waals surface area contributed by atoms with Crippen molar-refractivity contribution in [2.24, 2.45) is 0 Å². The number of rotatable bonds is 6. The van der Waals surface area contributed by atoms with Crippen molar-refractivity contribution in [3.63, 3.8) is 0 Å². The highest BCUT2D eigenvalue weighted by Gasteiger charge is 2.29. The normalized spacial score (nSPS) is 19.2. The molecule has 17 heavy (non-hydrogen) atoms. The third-order valence-corrected chi connectivity index (χ3v) is 3.57. The zero-order valence-electron chi connectivity index (χ0n) is 11.2. The minimum atomic E-state index is -0.330. The van der Waals surface area contributed by atoms with Crippen molar-refractivity contribution in [3.8, 4) is 6.07 Å².